The zero-order valence-electron chi connectivity index (χ0n) is 12.6. The van der Waals surface area contributed by atoms with E-state index in [9.17, 15) is 4.39 Å². The van der Waals surface area contributed by atoms with Gasteiger partial charge in [-0.2, -0.15) is 5.10 Å². The smallest absolute Gasteiger partial charge is 0.126 e. The molecule has 1 unspecified atom stereocenters. The molecular formula is C16H22FN3. The lowest BCUT2D eigenvalue weighted by Crippen LogP contribution is -2.36. The van der Waals surface area contributed by atoms with Crippen molar-refractivity contribution in [3.8, 4) is 0 Å². The van der Waals surface area contributed by atoms with Gasteiger partial charge in [0, 0.05) is 24.2 Å². The van der Waals surface area contributed by atoms with E-state index < -0.39 is 5.54 Å². The molecule has 20 heavy (non-hydrogen) atoms. The van der Waals surface area contributed by atoms with Gasteiger partial charge >= 0.3 is 0 Å². The van der Waals surface area contributed by atoms with Gasteiger partial charge in [-0.25, -0.2) is 4.39 Å². The van der Waals surface area contributed by atoms with Gasteiger partial charge in [0.2, 0.25) is 0 Å². The SMILES string of the molecule is CCn1nc(C)cc1CC(C)(N)c1ccc(C)c(F)c1. The molecule has 2 aromatic rings. The summed E-state index contributed by atoms with van der Waals surface area (Å²) >= 11 is 0. The Hall–Kier alpha value is -1.68. The van der Waals surface area contributed by atoms with Crippen LogP contribution in [0.2, 0.25) is 0 Å². The topological polar surface area (TPSA) is 43.8 Å². The summed E-state index contributed by atoms with van der Waals surface area (Å²) in [5, 5.41) is 4.43. The van der Waals surface area contributed by atoms with Gasteiger partial charge in [0.1, 0.15) is 5.82 Å². The first-order chi connectivity index (χ1) is 9.33. The van der Waals surface area contributed by atoms with Gasteiger partial charge in [-0.15, -0.1) is 0 Å². The zero-order chi connectivity index (χ0) is 14.9. The molecule has 0 amide bonds. The van der Waals surface area contributed by atoms with Gasteiger partial charge in [-0.3, -0.25) is 4.68 Å². The average Bonchev–Trinajstić information content (AvgIpc) is 2.72. The first-order valence-corrected chi connectivity index (χ1v) is 6.92. The molecule has 0 fully saturated rings. The lowest BCUT2D eigenvalue weighted by Gasteiger charge is -2.26. The van der Waals surface area contributed by atoms with Crippen LogP contribution in [0.25, 0.3) is 0 Å². The number of benzene rings is 1. The van der Waals surface area contributed by atoms with Crippen LogP contribution in [0.4, 0.5) is 4.39 Å². The average molecular weight is 275 g/mol. The summed E-state index contributed by atoms with van der Waals surface area (Å²) in [6.45, 7) is 8.51. The highest BCUT2D eigenvalue weighted by molar-refractivity contribution is 5.30. The minimum absolute atomic E-state index is 0.209. The molecule has 0 aliphatic carbocycles. The summed E-state index contributed by atoms with van der Waals surface area (Å²) in [5.74, 6) is -0.209. The highest BCUT2D eigenvalue weighted by Gasteiger charge is 2.24. The number of halogens is 1. The van der Waals surface area contributed by atoms with Crippen LogP contribution in [0.5, 0.6) is 0 Å². The Morgan fingerprint density at radius 3 is 2.60 bits per heavy atom. The molecule has 1 heterocycles. The van der Waals surface area contributed by atoms with Crippen LogP contribution in [0.3, 0.4) is 0 Å². The molecule has 1 aromatic carbocycles. The lowest BCUT2D eigenvalue weighted by molar-refractivity contribution is 0.460. The van der Waals surface area contributed by atoms with E-state index in [0.29, 0.717) is 12.0 Å². The Morgan fingerprint density at radius 2 is 2.00 bits per heavy atom. The van der Waals surface area contributed by atoms with Crippen molar-refractivity contribution in [3.63, 3.8) is 0 Å². The maximum absolute atomic E-state index is 13.7. The second kappa shape index (κ2) is 5.37. The van der Waals surface area contributed by atoms with Gasteiger partial charge in [0.05, 0.1) is 5.69 Å². The number of aryl methyl sites for hydroxylation is 3. The Bertz CT molecular complexity index is 614. The third-order valence-corrected chi connectivity index (χ3v) is 3.66. The summed E-state index contributed by atoms with van der Waals surface area (Å²) in [5.41, 5.74) is 9.30. The van der Waals surface area contributed by atoms with Gasteiger partial charge in [0.15, 0.2) is 0 Å². The number of hydrogen-bond donors (Lipinski definition) is 1. The highest BCUT2D eigenvalue weighted by atomic mass is 19.1. The van der Waals surface area contributed by atoms with Crippen molar-refractivity contribution >= 4 is 0 Å². The minimum atomic E-state index is -0.617. The molecule has 0 saturated heterocycles. The number of hydrogen-bond acceptors (Lipinski definition) is 2. The molecule has 0 bridgehead atoms. The molecule has 0 spiro atoms. The maximum atomic E-state index is 13.7. The van der Waals surface area contributed by atoms with Crippen LogP contribution in [0, 0.1) is 19.7 Å². The normalized spacial score (nSPS) is 14.3. The van der Waals surface area contributed by atoms with Gasteiger partial charge < -0.3 is 5.73 Å². The van der Waals surface area contributed by atoms with Crippen LogP contribution >= 0.6 is 0 Å². The summed E-state index contributed by atoms with van der Waals surface area (Å²) in [6, 6.07) is 7.25. The van der Waals surface area contributed by atoms with Crippen molar-refractivity contribution in [2.75, 3.05) is 0 Å². The van der Waals surface area contributed by atoms with Gasteiger partial charge in [-0.05, 0) is 51.0 Å². The fraction of sp³-hybridized carbons (Fsp3) is 0.438. The Morgan fingerprint density at radius 1 is 1.30 bits per heavy atom. The maximum Gasteiger partial charge on any atom is 0.126 e. The first-order valence-electron chi connectivity index (χ1n) is 6.92. The third-order valence-electron chi connectivity index (χ3n) is 3.66. The van der Waals surface area contributed by atoms with E-state index in [1.807, 2.05) is 30.7 Å². The molecule has 0 saturated carbocycles. The lowest BCUT2D eigenvalue weighted by atomic mass is 9.87. The Balaban J connectivity index is 2.32. The molecule has 0 aliphatic rings. The Labute approximate surface area is 119 Å². The van der Waals surface area contributed by atoms with Gasteiger partial charge in [-0.1, -0.05) is 12.1 Å². The number of rotatable bonds is 4. The van der Waals surface area contributed by atoms with E-state index in [1.54, 1.807) is 13.0 Å². The fourth-order valence-electron chi connectivity index (χ4n) is 2.44. The molecule has 4 heteroatoms. The minimum Gasteiger partial charge on any atom is -0.321 e. The third kappa shape index (κ3) is 2.90. The largest absolute Gasteiger partial charge is 0.321 e. The molecule has 3 nitrogen and oxygen atoms in total. The summed E-state index contributed by atoms with van der Waals surface area (Å²) in [6.07, 6.45) is 0.629. The van der Waals surface area contributed by atoms with Crippen molar-refractivity contribution in [2.45, 2.75) is 46.2 Å². The van der Waals surface area contributed by atoms with Crippen molar-refractivity contribution in [2.24, 2.45) is 5.73 Å². The monoisotopic (exact) mass is 275 g/mol. The predicted octanol–water partition coefficient (Wildman–Crippen LogP) is 3.08. The van der Waals surface area contributed by atoms with Crippen LogP contribution in [-0.2, 0) is 18.5 Å². The molecule has 1 aromatic heterocycles. The van der Waals surface area contributed by atoms with E-state index in [4.69, 9.17) is 5.73 Å². The fourth-order valence-corrected chi connectivity index (χ4v) is 2.44. The molecular weight excluding hydrogens is 253 g/mol. The molecule has 0 aliphatic heterocycles. The second-order valence-corrected chi connectivity index (χ2v) is 5.65. The number of nitrogens with two attached hydrogens (primary N) is 1. The molecule has 0 radical (unpaired) electrons. The van der Waals surface area contributed by atoms with E-state index in [-0.39, 0.29) is 5.82 Å². The van der Waals surface area contributed by atoms with Crippen LogP contribution < -0.4 is 5.73 Å². The van der Waals surface area contributed by atoms with E-state index in [2.05, 4.69) is 12.0 Å². The van der Waals surface area contributed by atoms with E-state index >= 15 is 0 Å². The second-order valence-electron chi connectivity index (χ2n) is 5.65. The van der Waals surface area contributed by atoms with E-state index in [0.717, 1.165) is 23.5 Å². The van der Waals surface area contributed by atoms with Crippen LogP contribution in [0.1, 0.15) is 36.4 Å². The molecule has 2 rings (SSSR count). The first kappa shape index (κ1) is 14.7. The molecule has 2 N–H and O–H groups in total. The van der Waals surface area contributed by atoms with Gasteiger partial charge in [0.25, 0.3) is 0 Å². The quantitative estimate of drug-likeness (QED) is 0.932. The van der Waals surface area contributed by atoms with Crippen LogP contribution in [-0.4, -0.2) is 9.78 Å². The van der Waals surface area contributed by atoms with Crippen molar-refractivity contribution < 1.29 is 4.39 Å². The van der Waals surface area contributed by atoms with Crippen LogP contribution in [0.15, 0.2) is 24.3 Å². The van der Waals surface area contributed by atoms with Crippen molar-refractivity contribution in [1.29, 1.82) is 0 Å². The summed E-state index contributed by atoms with van der Waals surface area (Å²) in [7, 11) is 0. The van der Waals surface area contributed by atoms with Crippen molar-refractivity contribution in [1.82, 2.24) is 9.78 Å². The number of aromatic nitrogens is 2. The standard InChI is InChI=1S/C16H22FN3/c1-5-20-14(8-12(3)19-20)10-16(4,18)13-7-6-11(2)15(17)9-13/h6-9H,5,10,18H2,1-4H3. The van der Waals surface area contributed by atoms with Crippen molar-refractivity contribution in [3.05, 3.63) is 52.6 Å². The molecule has 108 valence electrons. The summed E-state index contributed by atoms with van der Waals surface area (Å²) < 4.78 is 15.7. The van der Waals surface area contributed by atoms with E-state index in [1.165, 1.54) is 6.07 Å². The highest BCUT2D eigenvalue weighted by Crippen LogP contribution is 2.25. The Kier molecular flexibility index (Phi) is 3.95. The predicted molar refractivity (Wildman–Crippen MR) is 79.0 cm³/mol. The number of nitrogens with zero attached hydrogens (tertiary/aromatic N) is 2. The summed E-state index contributed by atoms with van der Waals surface area (Å²) in [4.78, 5) is 0. The molecule has 1 atom stereocenters. The zero-order valence-corrected chi connectivity index (χ0v) is 12.6.